The number of benzene rings is 2. The SMILES string of the molecule is CN1[C@H]2O[C@]3(c4cc5c(cc4C[C@@H]13)OCO5)C(O)c1ccc3c(c12)OCO3. The largest absolute Gasteiger partial charge is 0.454 e. The number of aliphatic hydroxyl groups is 1. The van der Waals surface area contributed by atoms with Crippen LogP contribution >= 0.6 is 0 Å². The van der Waals surface area contributed by atoms with E-state index < -0.39 is 11.7 Å². The molecule has 7 heteroatoms. The van der Waals surface area contributed by atoms with Gasteiger partial charge >= 0.3 is 0 Å². The second-order valence-corrected chi connectivity index (χ2v) is 7.72. The summed E-state index contributed by atoms with van der Waals surface area (Å²) in [5, 5.41) is 11.5. The summed E-state index contributed by atoms with van der Waals surface area (Å²) in [5.41, 5.74) is 3.02. The molecule has 0 aromatic heterocycles. The Balaban J connectivity index is 1.48. The van der Waals surface area contributed by atoms with Crippen molar-refractivity contribution < 1.29 is 28.8 Å². The molecule has 27 heavy (non-hydrogen) atoms. The van der Waals surface area contributed by atoms with E-state index >= 15 is 0 Å². The summed E-state index contributed by atoms with van der Waals surface area (Å²) in [6, 6.07) is 7.83. The topological polar surface area (TPSA) is 69.6 Å². The van der Waals surface area contributed by atoms with Gasteiger partial charge in [0.2, 0.25) is 13.6 Å². The van der Waals surface area contributed by atoms with E-state index in [-0.39, 0.29) is 25.9 Å². The lowest BCUT2D eigenvalue weighted by molar-refractivity contribution is -0.146. The quantitative estimate of drug-likeness (QED) is 0.763. The third-order valence-electron chi connectivity index (χ3n) is 6.65. The van der Waals surface area contributed by atoms with Gasteiger partial charge in [0.25, 0.3) is 0 Å². The van der Waals surface area contributed by atoms with Crippen molar-refractivity contribution in [2.45, 2.75) is 30.4 Å². The molecule has 7 rings (SSSR count). The molecule has 5 aliphatic rings. The predicted molar refractivity (Wildman–Crippen MR) is 90.8 cm³/mol. The zero-order chi connectivity index (χ0) is 17.9. The lowest BCUT2D eigenvalue weighted by Crippen LogP contribution is -2.43. The van der Waals surface area contributed by atoms with Gasteiger partial charge in [-0.2, -0.15) is 0 Å². The van der Waals surface area contributed by atoms with Crippen LogP contribution in [-0.4, -0.2) is 36.7 Å². The van der Waals surface area contributed by atoms with E-state index in [2.05, 4.69) is 4.90 Å². The summed E-state index contributed by atoms with van der Waals surface area (Å²) < 4.78 is 29.0. The lowest BCUT2D eigenvalue weighted by atomic mass is 9.81. The minimum atomic E-state index is -0.823. The van der Waals surface area contributed by atoms with Gasteiger partial charge in [-0.3, -0.25) is 4.90 Å². The predicted octanol–water partition coefficient (Wildman–Crippen LogP) is 1.97. The monoisotopic (exact) mass is 367 g/mol. The summed E-state index contributed by atoms with van der Waals surface area (Å²) >= 11 is 0. The van der Waals surface area contributed by atoms with E-state index in [1.807, 2.05) is 31.3 Å². The van der Waals surface area contributed by atoms with Crippen molar-refractivity contribution in [3.63, 3.8) is 0 Å². The molecule has 0 saturated carbocycles. The zero-order valence-electron chi connectivity index (χ0n) is 14.6. The van der Waals surface area contributed by atoms with Crippen molar-refractivity contribution in [1.82, 2.24) is 4.90 Å². The number of rotatable bonds is 0. The van der Waals surface area contributed by atoms with Crippen LogP contribution in [0.4, 0.5) is 0 Å². The Hall–Kier alpha value is -2.48. The molecule has 2 aromatic carbocycles. The highest BCUT2D eigenvalue weighted by molar-refractivity contribution is 5.60. The van der Waals surface area contributed by atoms with Crippen LogP contribution in [0.1, 0.15) is 34.6 Å². The molecular formula is C20H17NO6. The van der Waals surface area contributed by atoms with Gasteiger partial charge in [0.05, 0.1) is 6.04 Å². The molecule has 0 radical (unpaired) electrons. The number of ether oxygens (including phenoxy) is 5. The number of likely N-dealkylation sites (N-methyl/N-ethyl adjacent to an activating group) is 1. The molecule has 2 aromatic rings. The van der Waals surface area contributed by atoms with Gasteiger partial charge in [-0.25, -0.2) is 0 Å². The van der Waals surface area contributed by atoms with Gasteiger partial charge in [-0.1, -0.05) is 6.07 Å². The van der Waals surface area contributed by atoms with Gasteiger partial charge in [0.1, 0.15) is 17.9 Å². The van der Waals surface area contributed by atoms with Gasteiger partial charge in [0, 0.05) is 5.56 Å². The summed E-state index contributed by atoms with van der Waals surface area (Å²) in [5.74, 6) is 2.86. The summed E-state index contributed by atoms with van der Waals surface area (Å²) in [6.45, 7) is 0.423. The van der Waals surface area contributed by atoms with E-state index in [9.17, 15) is 5.11 Å². The first-order chi connectivity index (χ1) is 13.2. The lowest BCUT2D eigenvalue weighted by Gasteiger charge is -2.39. The second kappa shape index (κ2) is 4.49. The fourth-order valence-electron chi connectivity index (χ4n) is 5.47. The second-order valence-electron chi connectivity index (χ2n) is 7.72. The van der Waals surface area contributed by atoms with Crippen LogP contribution in [0.5, 0.6) is 23.0 Å². The van der Waals surface area contributed by atoms with Gasteiger partial charge in [0.15, 0.2) is 23.0 Å². The van der Waals surface area contributed by atoms with Crippen LogP contribution in [0.2, 0.25) is 0 Å². The zero-order valence-corrected chi connectivity index (χ0v) is 14.6. The number of aliphatic hydroxyl groups excluding tert-OH is 1. The van der Waals surface area contributed by atoms with Crippen LogP contribution in [0.3, 0.4) is 0 Å². The maximum absolute atomic E-state index is 11.5. The third-order valence-corrected chi connectivity index (χ3v) is 6.65. The van der Waals surface area contributed by atoms with Crippen LogP contribution in [0, 0.1) is 0 Å². The Bertz CT molecular complexity index is 1020. The molecule has 1 N–H and O–H groups in total. The summed E-state index contributed by atoms with van der Waals surface area (Å²) in [6.07, 6.45) is -0.317. The Labute approximate surface area is 155 Å². The highest BCUT2D eigenvalue weighted by atomic mass is 16.7. The Morgan fingerprint density at radius 1 is 1.04 bits per heavy atom. The van der Waals surface area contributed by atoms with Gasteiger partial charge in [-0.15, -0.1) is 0 Å². The maximum Gasteiger partial charge on any atom is 0.231 e. The summed E-state index contributed by atoms with van der Waals surface area (Å²) in [4.78, 5) is 2.20. The standard InChI is InChI=1S/C20H17NO6/c1-21-15-5-9-4-13-14(25-7-24-13)6-11(9)20(15)18(22)10-2-3-12-17(26-8-23-12)16(10)19(21)27-20/h2-4,6,15,18-19,22H,5,7-8H2,1H3/t15-,18?,19+,20+/m1/s1. The van der Waals surface area contributed by atoms with Crippen molar-refractivity contribution in [3.05, 3.63) is 46.5 Å². The molecular weight excluding hydrogens is 350 g/mol. The molecule has 2 bridgehead atoms. The molecule has 1 aliphatic carbocycles. The van der Waals surface area contributed by atoms with Crippen molar-refractivity contribution >= 4 is 0 Å². The van der Waals surface area contributed by atoms with E-state index in [4.69, 9.17) is 23.7 Å². The van der Waals surface area contributed by atoms with Crippen molar-refractivity contribution in [1.29, 1.82) is 0 Å². The fraction of sp³-hybridized carbons (Fsp3) is 0.400. The van der Waals surface area contributed by atoms with Crippen molar-refractivity contribution in [2.75, 3.05) is 20.6 Å². The molecule has 1 fully saturated rings. The summed E-state index contributed by atoms with van der Waals surface area (Å²) in [7, 11) is 2.04. The van der Waals surface area contributed by atoms with Crippen LogP contribution in [-0.2, 0) is 16.8 Å². The minimum Gasteiger partial charge on any atom is -0.454 e. The van der Waals surface area contributed by atoms with Crippen molar-refractivity contribution in [2.24, 2.45) is 0 Å². The van der Waals surface area contributed by atoms with E-state index in [0.717, 1.165) is 34.4 Å². The molecule has 1 unspecified atom stereocenters. The molecule has 1 saturated heterocycles. The number of fused-ring (bicyclic) bond motifs is 7. The minimum absolute atomic E-state index is 0.0143. The van der Waals surface area contributed by atoms with Gasteiger partial charge in [-0.05, 0) is 48.4 Å². The third kappa shape index (κ3) is 1.49. The Kier molecular flexibility index (Phi) is 2.42. The van der Waals surface area contributed by atoms with Crippen molar-refractivity contribution in [3.8, 4) is 23.0 Å². The normalized spacial score (nSPS) is 33.8. The molecule has 138 valence electrons. The Morgan fingerprint density at radius 3 is 2.70 bits per heavy atom. The van der Waals surface area contributed by atoms with E-state index in [1.54, 1.807) is 0 Å². The average Bonchev–Trinajstić information content (AvgIpc) is 3.42. The molecule has 0 amide bonds. The first kappa shape index (κ1) is 14.6. The first-order valence-corrected chi connectivity index (χ1v) is 9.11. The Morgan fingerprint density at radius 2 is 1.81 bits per heavy atom. The van der Waals surface area contributed by atoms with Crippen LogP contribution in [0.15, 0.2) is 24.3 Å². The van der Waals surface area contributed by atoms with Crippen LogP contribution in [0.25, 0.3) is 0 Å². The molecule has 1 spiro atoms. The van der Waals surface area contributed by atoms with Crippen LogP contribution < -0.4 is 18.9 Å². The molecule has 4 atom stereocenters. The number of hydrogen-bond acceptors (Lipinski definition) is 7. The van der Waals surface area contributed by atoms with Gasteiger partial charge < -0.3 is 28.8 Å². The smallest absolute Gasteiger partial charge is 0.231 e. The first-order valence-electron chi connectivity index (χ1n) is 9.11. The maximum atomic E-state index is 11.5. The highest BCUT2D eigenvalue weighted by Gasteiger charge is 2.66. The fourth-order valence-corrected chi connectivity index (χ4v) is 5.47. The molecule has 4 aliphatic heterocycles. The molecule has 7 nitrogen and oxygen atoms in total. The average molecular weight is 367 g/mol. The van der Waals surface area contributed by atoms with E-state index in [0.29, 0.717) is 17.2 Å². The van der Waals surface area contributed by atoms with E-state index in [1.165, 1.54) is 0 Å². The number of nitrogens with zero attached hydrogens (tertiary/aromatic N) is 1. The molecule has 4 heterocycles. The number of hydrogen-bond donors (Lipinski definition) is 1. The highest BCUT2D eigenvalue weighted by Crippen LogP contribution is 2.65.